The summed E-state index contributed by atoms with van der Waals surface area (Å²) in [5, 5.41) is 23.4. The van der Waals surface area contributed by atoms with Crippen LogP contribution in [0, 0.1) is 21.4 Å². The van der Waals surface area contributed by atoms with Crippen LogP contribution in [0.4, 0.5) is 5.69 Å². The minimum Gasteiger partial charge on any atom is -0.493 e. The van der Waals surface area contributed by atoms with E-state index in [0.29, 0.717) is 16.9 Å². The Morgan fingerprint density at radius 3 is 2.49 bits per heavy atom. The summed E-state index contributed by atoms with van der Waals surface area (Å²) >= 11 is 6.41. The van der Waals surface area contributed by atoms with Gasteiger partial charge >= 0.3 is 0 Å². The van der Waals surface area contributed by atoms with Crippen molar-refractivity contribution in [1.29, 1.82) is 5.26 Å². The van der Waals surface area contributed by atoms with Gasteiger partial charge < -0.3 is 14.8 Å². The van der Waals surface area contributed by atoms with Gasteiger partial charge in [0, 0.05) is 12.1 Å². The molecule has 8 nitrogen and oxygen atoms in total. The Kier molecular flexibility index (Phi) is 8.43. The molecule has 9 heteroatoms. The fourth-order valence-electron chi connectivity index (χ4n) is 3.25. The number of nitriles is 1. The molecule has 0 aliphatic heterocycles. The maximum atomic E-state index is 12.7. The van der Waals surface area contributed by atoms with Crippen LogP contribution in [0.3, 0.4) is 0 Å². The van der Waals surface area contributed by atoms with Gasteiger partial charge in [0.25, 0.3) is 11.6 Å². The van der Waals surface area contributed by atoms with Gasteiger partial charge in [0.05, 0.1) is 23.1 Å². The topological polar surface area (TPSA) is 114 Å². The zero-order valence-corrected chi connectivity index (χ0v) is 19.8. The first-order valence-electron chi connectivity index (χ1n) is 10.5. The lowest BCUT2D eigenvalue weighted by Gasteiger charge is -2.15. The van der Waals surface area contributed by atoms with Crippen LogP contribution in [0.15, 0.2) is 72.3 Å². The molecule has 0 aliphatic carbocycles. The Bertz CT molecular complexity index is 1280. The fraction of sp³-hybridized carbons (Fsp3) is 0.154. The van der Waals surface area contributed by atoms with Crippen LogP contribution >= 0.6 is 11.6 Å². The first-order valence-corrected chi connectivity index (χ1v) is 10.9. The molecule has 178 valence electrons. The second-order valence-corrected chi connectivity index (χ2v) is 7.93. The highest BCUT2D eigenvalue weighted by atomic mass is 35.5. The minimum absolute atomic E-state index is 0.0176. The van der Waals surface area contributed by atoms with E-state index < -0.39 is 10.8 Å². The number of rotatable bonds is 9. The Hall–Kier alpha value is -4.35. The molecule has 0 saturated carbocycles. The number of nitro groups is 1. The Morgan fingerprint density at radius 2 is 1.89 bits per heavy atom. The van der Waals surface area contributed by atoms with E-state index in [-0.39, 0.29) is 34.7 Å². The molecule has 3 aromatic rings. The second kappa shape index (κ2) is 11.7. The number of ether oxygens (including phenoxy) is 2. The fourth-order valence-corrected chi connectivity index (χ4v) is 3.52. The molecule has 0 bridgehead atoms. The number of benzene rings is 3. The number of nitrogens with one attached hydrogen (secondary N) is 1. The highest BCUT2D eigenvalue weighted by Gasteiger charge is 2.16. The van der Waals surface area contributed by atoms with Gasteiger partial charge in [0.2, 0.25) is 0 Å². The van der Waals surface area contributed by atoms with Crippen LogP contribution in [-0.4, -0.2) is 17.9 Å². The summed E-state index contributed by atoms with van der Waals surface area (Å²) in [6, 6.07) is 20.2. The van der Waals surface area contributed by atoms with Gasteiger partial charge in [-0.3, -0.25) is 14.9 Å². The van der Waals surface area contributed by atoms with Crippen molar-refractivity contribution in [2.24, 2.45) is 0 Å². The van der Waals surface area contributed by atoms with Crippen molar-refractivity contribution in [3.05, 3.63) is 104 Å². The van der Waals surface area contributed by atoms with Crippen molar-refractivity contribution in [3.8, 4) is 17.6 Å². The van der Waals surface area contributed by atoms with Crippen LogP contribution in [0.5, 0.6) is 11.5 Å². The molecule has 1 amide bonds. The van der Waals surface area contributed by atoms with Crippen molar-refractivity contribution in [3.63, 3.8) is 0 Å². The van der Waals surface area contributed by atoms with E-state index in [4.69, 9.17) is 21.1 Å². The number of nitrogens with zero attached hydrogens (tertiary/aromatic N) is 2. The van der Waals surface area contributed by atoms with Gasteiger partial charge in [-0.05, 0) is 54.0 Å². The third-order valence-electron chi connectivity index (χ3n) is 5.11. The molecule has 3 rings (SSSR count). The van der Waals surface area contributed by atoms with E-state index in [1.807, 2.05) is 43.3 Å². The first kappa shape index (κ1) is 25.3. The molecule has 0 unspecified atom stereocenters. The summed E-state index contributed by atoms with van der Waals surface area (Å²) in [6.45, 7) is 1.94. The van der Waals surface area contributed by atoms with Crippen molar-refractivity contribution in [1.82, 2.24) is 5.32 Å². The molecule has 0 saturated heterocycles. The van der Waals surface area contributed by atoms with E-state index in [0.717, 1.165) is 5.56 Å². The quantitative estimate of drug-likeness (QED) is 0.180. The standard InChI is InChI=1S/C26H22ClN3O5/c1-17(20-6-4-3-5-7-20)29-26(31)21(15-28)12-19-13-23(27)25(24(14-19)34-2)35-16-18-8-10-22(11-9-18)30(32)33/h3-14,17H,16H2,1-2H3,(H,29,31)/b21-12-/t17-/m1/s1. The summed E-state index contributed by atoms with van der Waals surface area (Å²) in [4.78, 5) is 23.0. The van der Waals surface area contributed by atoms with Gasteiger partial charge in [-0.15, -0.1) is 0 Å². The Balaban J connectivity index is 1.77. The van der Waals surface area contributed by atoms with E-state index in [1.165, 1.54) is 25.3 Å². The van der Waals surface area contributed by atoms with Crippen molar-refractivity contribution in [2.75, 3.05) is 7.11 Å². The number of methoxy groups -OCH3 is 1. The predicted octanol–water partition coefficient (Wildman–Crippen LogP) is 5.62. The van der Waals surface area contributed by atoms with Crippen LogP contribution in [-0.2, 0) is 11.4 Å². The van der Waals surface area contributed by atoms with E-state index in [2.05, 4.69) is 5.32 Å². The number of nitro benzene ring substituents is 1. The van der Waals surface area contributed by atoms with Crippen LogP contribution in [0.25, 0.3) is 6.08 Å². The molecule has 0 fully saturated rings. The lowest BCUT2D eigenvalue weighted by Crippen LogP contribution is -2.27. The third-order valence-corrected chi connectivity index (χ3v) is 5.39. The number of carbonyl (C=O) groups is 1. The molecule has 1 atom stereocenters. The largest absolute Gasteiger partial charge is 0.493 e. The second-order valence-electron chi connectivity index (χ2n) is 7.52. The van der Waals surface area contributed by atoms with Crippen LogP contribution in [0.1, 0.15) is 29.7 Å². The number of halogens is 1. The number of hydrogen-bond acceptors (Lipinski definition) is 6. The molecule has 0 aromatic heterocycles. The molecule has 0 aliphatic rings. The van der Waals surface area contributed by atoms with Crippen LogP contribution in [0.2, 0.25) is 5.02 Å². The van der Waals surface area contributed by atoms with Crippen molar-refractivity contribution in [2.45, 2.75) is 19.6 Å². The van der Waals surface area contributed by atoms with Crippen LogP contribution < -0.4 is 14.8 Å². The number of carbonyl (C=O) groups excluding carboxylic acids is 1. The molecular formula is C26H22ClN3O5. The molecule has 3 aromatic carbocycles. The number of hydrogen-bond donors (Lipinski definition) is 1. The monoisotopic (exact) mass is 491 g/mol. The summed E-state index contributed by atoms with van der Waals surface area (Å²) < 4.78 is 11.2. The highest BCUT2D eigenvalue weighted by Crippen LogP contribution is 2.37. The van der Waals surface area contributed by atoms with E-state index in [1.54, 1.807) is 24.3 Å². The Labute approximate surface area is 207 Å². The molecule has 0 radical (unpaired) electrons. The SMILES string of the molecule is COc1cc(/C=C(/C#N)C(=O)N[C@H](C)c2ccccc2)cc(Cl)c1OCc1ccc([N+](=O)[O-])cc1. The normalized spacial score (nSPS) is 11.8. The summed E-state index contributed by atoms with van der Waals surface area (Å²) in [5.41, 5.74) is 1.99. The maximum Gasteiger partial charge on any atom is 0.269 e. The number of amides is 1. The molecule has 1 N–H and O–H groups in total. The zero-order valence-electron chi connectivity index (χ0n) is 19.0. The zero-order chi connectivity index (χ0) is 25.4. The smallest absolute Gasteiger partial charge is 0.269 e. The number of non-ortho nitro benzene ring substituents is 1. The van der Waals surface area contributed by atoms with Crippen molar-refractivity contribution >= 4 is 29.3 Å². The minimum atomic E-state index is -0.516. The van der Waals surface area contributed by atoms with Gasteiger partial charge in [0.15, 0.2) is 11.5 Å². The predicted molar refractivity (Wildman–Crippen MR) is 132 cm³/mol. The van der Waals surface area contributed by atoms with Gasteiger partial charge in [-0.1, -0.05) is 41.9 Å². The maximum absolute atomic E-state index is 12.7. The Morgan fingerprint density at radius 1 is 1.20 bits per heavy atom. The van der Waals surface area contributed by atoms with Gasteiger partial charge in [-0.25, -0.2) is 0 Å². The molecule has 35 heavy (non-hydrogen) atoms. The highest BCUT2D eigenvalue weighted by molar-refractivity contribution is 6.32. The van der Waals surface area contributed by atoms with Gasteiger partial charge in [-0.2, -0.15) is 5.26 Å². The average molecular weight is 492 g/mol. The summed E-state index contributed by atoms with van der Waals surface area (Å²) in [5.74, 6) is 0.0591. The summed E-state index contributed by atoms with van der Waals surface area (Å²) in [7, 11) is 1.44. The third kappa shape index (κ3) is 6.59. The van der Waals surface area contributed by atoms with Crippen molar-refractivity contribution < 1.29 is 19.2 Å². The first-order chi connectivity index (χ1) is 16.8. The summed E-state index contributed by atoms with van der Waals surface area (Å²) in [6.07, 6.45) is 1.42. The molecular weight excluding hydrogens is 470 g/mol. The van der Waals surface area contributed by atoms with Gasteiger partial charge in [0.1, 0.15) is 18.2 Å². The van der Waals surface area contributed by atoms with E-state index in [9.17, 15) is 20.2 Å². The van der Waals surface area contributed by atoms with E-state index >= 15 is 0 Å². The lowest BCUT2D eigenvalue weighted by molar-refractivity contribution is -0.384. The average Bonchev–Trinajstić information content (AvgIpc) is 2.86. The lowest BCUT2D eigenvalue weighted by atomic mass is 10.1. The molecule has 0 spiro atoms. The molecule has 0 heterocycles.